The molecule has 3 unspecified atom stereocenters. The lowest BCUT2D eigenvalue weighted by molar-refractivity contribution is -0.0240. The Morgan fingerprint density at radius 2 is 2.06 bits per heavy atom. The normalized spacial score (nSPS) is 21.2. The molecule has 0 heterocycles. The number of hydrogen-bond donors (Lipinski definition) is 2. The van der Waals surface area contributed by atoms with E-state index in [0.717, 1.165) is 13.0 Å². The molecule has 102 valence electrons. The molecule has 3 atom stereocenters. The minimum Gasteiger partial charge on any atom is -0.394 e. The smallest absolute Gasteiger partial charge is 0.0958 e. The van der Waals surface area contributed by atoms with Gasteiger partial charge in [0.15, 0.2) is 0 Å². The van der Waals surface area contributed by atoms with Crippen LogP contribution in [0.25, 0.3) is 0 Å². The highest BCUT2D eigenvalue weighted by Crippen LogP contribution is 2.33. The lowest BCUT2D eigenvalue weighted by atomic mass is 10.00. The molecule has 1 aliphatic rings. The molecule has 3 N–H and O–H groups in total. The van der Waals surface area contributed by atoms with Crippen molar-refractivity contribution in [3.8, 4) is 0 Å². The highest BCUT2D eigenvalue weighted by atomic mass is 16.5. The summed E-state index contributed by atoms with van der Waals surface area (Å²) in [5.74, 6) is 1.21. The van der Waals surface area contributed by atoms with Crippen LogP contribution in [0.4, 0.5) is 0 Å². The molecule has 0 aromatic carbocycles. The Morgan fingerprint density at radius 3 is 2.53 bits per heavy atom. The van der Waals surface area contributed by atoms with Crippen LogP contribution < -0.4 is 5.73 Å². The van der Waals surface area contributed by atoms with Gasteiger partial charge in [-0.3, -0.25) is 0 Å². The molecule has 0 radical (unpaired) electrons. The van der Waals surface area contributed by atoms with Gasteiger partial charge in [0.25, 0.3) is 0 Å². The van der Waals surface area contributed by atoms with E-state index in [-0.39, 0.29) is 18.8 Å². The molecule has 3 heteroatoms. The van der Waals surface area contributed by atoms with Crippen LogP contribution in [0.15, 0.2) is 0 Å². The summed E-state index contributed by atoms with van der Waals surface area (Å²) in [6.07, 6.45) is 7.13. The minimum absolute atomic E-state index is 0.0312. The number of unbranched alkanes of at least 4 members (excludes halogenated alkanes) is 1. The van der Waals surface area contributed by atoms with Gasteiger partial charge in [-0.2, -0.15) is 0 Å². The number of hydrogen-bond acceptors (Lipinski definition) is 3. The summed E-state index contributed by atoms with van der Waals surface area (Å²) < 4.78 is 5.83. The molecule has 0 spiro atoms. The topological polar surface area (TPSA) is 55.5 Å². The summed E-state index contributed by atoms with van der Waals surface area (Å²) in [5, 5.41) is 9.33. The maximum Gasteiger partial charge on any atom is 0.0958 e. The summed E-state index contributed by atoms with van der Waals surface area (Å²) >= 11 is 0. The van der Waals surface area contributed by atoms with Crippen molar-refractivity contribution in [1.82, 2.24) is 0 Å². The molecule has 1 aliphatic carbocycles. The Balaban J connectivity index is 2.24. The van der Waals surface area contributed by atoms with Crippen molar-refractivity contribution in [2.45, 2.75) is 64.5 Å². The molecule has 1 saturated carbocycles. The van der Waals surface area contributed by atoms with Crippen molar-refractivity contribution in [2.24, 2.45) is 17.6 Å². The van der Waals surface area contributed by atoms with Gasteiger partial charge < -0.3 is 15.6 Å². The van der Waals surface area contributed by atoms with Crippen molar-refractivity contribution in [1.29, 1.82) is 0 Å². The third-order valence-corrected chi connectivity index (χ3v) is 3.86. The van der Waals surface area contributed by atoms with Gasteiger partial charge in [0.2, 0.25) is 0 Å². The average Bonchev–Trinajstić information content (AvgIpc) is 3.17. The molecule has 0 aromatic rings. The van der Waals surface area contributed by atoms with Crippen molar-refractivity contribution in [2.75, 3.05) is 13.2 Å². The summed E-state index contributed by atoms with van der Waals surface area (Å²) in [5.41, 5.74) is 6.08. The molecule has 0 saturated heterocycles. The zero-order chi connectivity index (χ0) is 12.7. The molecule has 1 fully saturated rings. The van der Waals surface area contributed by atoms with E-state index in [9.17, 15) is 5.11 Å². The van der Waals surface area contributed by atoms with E-state index in [4.69, 9.17) is 10.5 Å². The van der Waals surface area contributed by atoms with Gasteiger partial charge in [-0.25, -0.2) is 0 Å². The maximum absolute atomic E-state index is 9.33. The highest BCUT2D eigenvalue weighted by molar-refractivity contribution is 4.89. The molecule has 0 aliphatic heterocycles. The van der Waals surface area contributed by atoms with E-state index in [1.807, 2.05) is 0 Å². The molecule has 17 heavy (non-hydrogen) atoms. The molecule has 0 amide bonds. The van der Waals surface area contributed by atoms with E-state index in [1.54, 1.807) is 0 Å². The third-order valence-electron chi connectivity index (χ3n) is 3.86. The first-order chi connectivity index (χ1) is 8.22. The fraction of sp³-hybridized carbons (Fsp3) is 1.00. The van der Waals surface area contributed by atoms with E-state index in [0.29, 0.717) is 11.8 Å². The number of nitrogens with two attached hydrogens (primary N) is 1. The Bertz CT molecular complexity index is 195. The number of rotatable bonds is 10. The first-order valence-corrected chi connectivity index (χ1v) is 7.20. The van der Waals surface area contributed by atoms with Crippen LogP contribution in [0, 0.1) is 11.8 Å². The van der Waals surface area contributed by atoms with Crippen molar-refractivity contribution in [3.05, 3.63) is 0 Å². The van der Waals surface area contributed by atoms with Gasteiger partial charge in [0.05, 0.1) is 12.7 Å². The van der Waals surface area contributed by atoms with Gasteiger partial charge in [-0.05, 0) is 31.1 Å². The second-order valence-electron chi connectivity index (χ2n) is 5.39. The maximum atomic E-state index is 9.33. The van der Waals surface area contributed by atoms with E-state index in [2.05, 4.69) is 13.8 Å². The predicted octanol–water partition coefficient (Wildman–Crippen LogP) is 2.32. The monoisotopic (exact) mass is 243 g/mol. The first-order valence-electron chi connectivity index (χ1n) is 7.20. The first kappa shape index (κ1) is 14.9. The van der Waals surface area contributed by atoms with Gasteiger partial charge in [0, 0.05) is 12.6 Å². The summed E-state index contributed by atoms with van der Waals surface area (Å²) in [4.78, 5) is 0. The lowest BCUT2D eigenvalue weighted by Crippen LogP contribution is -2.41. The van der Waals surface area contributed by atoms with Crippen LogP contribution in [0.3, 0.4) is 0 Å². The number of aliphatic hydroxyl groups excluding tert-OH is 1. The lowest BCUT2D eigenvalue weighted by Gasteiger charge is -2.25. The van der Waals surface area contributed by atoms with E-state index in [1.165, 1.54) is 32.1 Å². The van der Waals surface area contributed by atoms with Crippen molar-refractivity contribution < 1.29 is 9.84 Å². The second kappa shape index (κ2) is 8.06. The van der Waals surface area contributed by atoms with Gasteiger partial charge in [-0.1, -0.05) is 33.1 Å². The summed E-state index contributed by atoms with van der Waals surface area (Å²) in [6, 6.07) is 0.0312. The number of ether oxygens (including phenoxy) is 1. The van der Waals surface area contributed by atoms with Crippen LogP contribution in [0.1, 0.15) is 52.4 Å². The Labute approximate surface area is 106 Å². The van der Waals surface area contributed by atoms with Crippen molar-refractivity contribution >= 4 is 0 Å². The standard InChI is InChI=1S/C14H29NO2/c1-3-5-6-11(4-2)10-17-13(9-16)14(15)12-7-8-12/h11-14,16H,3-10,15H2,1-2H3. The molecular weight excluding hydrogens is 214 g/mol. The zero-order valence-electron chi connectivity index (χ0n) is 11.4. The Hall–Kier alpha value is -0.120. The quantitative estimate of drug-likeness (QED) is 0.619. The summed E-state index contributed by atoms with van der Waals surface area (Å²) in [7, 11) is 0. The van der Waals surface area contributed by atoms with Gasteiger partial charge in [-0.15, -0.1) is 0 Å². The average molecular weight is 243 g/mol. The number of aliphatic hydroxyl groups is 1. The van der Waals surface area contributed by atoms with Crippen LogP contribution in [-0.2, 0) is 4.74 Å². The Kier molecular flexibility index (Phi) is 7.09. The fourth-order valence-electron chi connectivity index (χ4n) is 2.23. The summed E-state index contributed by atoms with van der Waals surface area (Å²) in [6.45, 7) is 5.23. The van der Waals surface area contributed by atoms with E-state index < -0.39 is 0 Å². The molecule has 1 rings (SSSR count). The second-order valence-corrected chi connectivity index (χ2v) is 5.39. The molecule has 0 bridgehead atoms. The molecule has 3 nitrogen and oxygen atoms in total. The van der Waals surface area contributed by atoms with Gasteiger partial charge >= 0.3 is 0 Å². The van der Waals surface area contributed by atoms with Crippen molar-refractivity contribution in [3.63, 3.8) is 0 Å². The van der Waals surface area contributed by atoms with E-state index >= 15 is 0 Å². The SMILES string of the molecule is CCCCC(CC)COC(CO)C(N)C1CC1. The largest absolute Gasteiger partial charge is 0.394 e. The highest BCUT2D eigenvalue weighted by Gasteiger charge is 2.34. The third kappa shape index (κ3) is 5.36. The molecular formula is C14H29NO2. The predicted molar refractivity (Wildman–Crippen MR) is 70.8 cm³/mol. The van der Waals surface area contributed by atoms with Crippen LogP contribution in [-0.4, -0.2) is 30.5 Å². The van der Waals surface area contributed by atoms with Crippen LogP contribution in [0.5, 0.6) is 0 Å². The van der Waals surface area contributed by atoms with Crippen LogP contribution in [0.2, 0.25) is 0 Å². The molecule has 0 aromatic heterocycles. The van der Waals surface area contributed by atoms with Gasteiger partial charge in [0.1, 0.15) is 0 Å². The zero-order valence-corrected chi connectivity index (χ0v) is 11.4. The van der Waals surface area contributed by atoms with Crippen LogP contribution >= 0.6 is 0 Å². The fourth-order valence-corrected chi connectivity index (χ4v) is 2.23. The Morgan fingerprint density at radius 1 is 1.35 bits per heavy atom. The minimum atomic E-state index is -0.154.